The molecule has 30 heavy (non-hydrogen) atoms. The molecule has 0 fully saturated rings. The largest absolute Gasteiger partial charge is 0.475 e. The first-order valence-corrected chi connectivity index (χ1v) is 8.27. The number of carbonyl (C=O) groups excluding carboxylic acids is 2. The summed E-state index contributed by atoms with van der Waals surface area (Å²) in [6.07, 6.45) is -5.63. The van der Waals surface area contributed by atoms with Gasteiger partial charge in [-0.3, -0.25) is 14.9 Å². The van der Waals surface area contributed by atoms with Gasteiger partial charge in [-0.2, -0.15) is 18.2 Å². The molecule has 8 nitrogen and oxygen atoms in total. The molecule has 13 heteroatoms. The molecule has 0 aliphatic carbocycles. The number of benzene rings is 1. The molecule has 0 spiro atoms. The Morgan fingerprint density at radius 3 is 2.23 bits per heavy atom. The van der Waals surface area contributed by atoms with Crippen molar-refractivity contribution in [3.8, 4) is 0 Å². The van der Waals surface area contributed by atoms with Gasteiger partial charge < -0.3 is 14.8 Å². The number of alkyl halides is 3. The van der Waals surface area contributed by atoms with Crippen molar-refractivity contribution in [2.75, 3.05) is 5.32 Å². The smallest absolute Gasteiger partial charge is 0.437 e. The molecule has 2 rings (SSSR count). The summed E-state index contributed by atoms with van der Waals surface area (Å²) in [5, 5.41) is 12.9. The first-order chi connectivity index (χ1) is 13.9. The van der Waals surface area contributed by atoms with Crippen molar-refractivity contribution in [2.45, 2.75) is 32.0 Å². The monoisotopic (exact) mass is 435 g/mol. The molecule has 1 atom stereocenters. The summed E-state index contributed by atoms with van der Waals surface area (Å²) in [5.41, 5.74) is -1.84. The molecule has 1 aromatic carbocycles. The van der Waals surface area contributed by atoms with E-state index in [1.54, 1.807) is 0 Å². The zero-order valence-electron chi connectivity index (χ0n) is 15.1. The number of rotatable bonds is 7. The summed E-state index contributed by atoms with van der Waals surface area (Å²) in [6, 6.07) is 0.154. The van der Waals surface area contributed by atoms with E-state index in [2.05, 4.69) is 14.7 Å². The molecule has 2 aromatic rings. The SMILES string of the molecule is CCC(NC(=O)Cc1cc(F)cc(F)c1)C(=O)Nc1nc(C(F)(F)F)c(C(=O)O)o1. The second-order valence-corrected chi connectivity index (χ2v) is 5.97. The second kappa shape index (κ2) is 8.88. The normalized spacial score (nSPS) is 12.3. The van der Waals surface area contributed by atoms with Crippen LogP contribution in [0.15, 0.2) is 22.6 Å². The van der Waals surface area contributed by atoms with E-state index >= 15 is 0 Å². The number of aromatic carboxylic acids is 1. The number of hydrogen-bond acceptors (Lipinski definition) is 5. The van der Waals surface area contributed by atoms with E-state index in [0.29, 0.717) is 6.07 Å². The van der Waals surface area contributed by atoms with Gasteiger partial charge in [0.25, 0.3) is 5.91 Å². The van der Waals surface area contributed by atoms with Crippen LogP contribution in [-0.2, 0) is 22.2 Å². The highest BCUT2D eigenvalue weighted by Gasteiger charge is 2.41. The number of nitrogens with zero attached hydrogens (tertiary/aromatic N) is 1. The summed E-state index contributed by atoms with van der Waals surface area (Å²) < 4.78 is 69.2. The van der Waals surface area contributed by atoms with Gasteiger partial charge in [-0.15, -0.1) is 0 Å². The average molecular weight is 435 g/mol. The first-order valence-electron chi connectivity index (χ1n) is 8.27. The third kappa shape index (κ3) is 5.75. The Morgan fingerprint density at radius 2 is 1.77 bits per heavy atom. The number of nitrogens with one attached hydrogen (secondary N) is 2. The number of oxazole rings is 1. The van der Waals surface area contributed by atoms with E-state index < -0.39 is 65.5 Å². The molecule has 1 aromatic heterocycles. The van der Waals surface area contributed by atoms with Gasteiger partial charge in [0.15, 0.2) is 5.69 Å². The van der Waals surface area contributed by atoms with Crippen molar-refractivity contribution in [1.82, 2.24) is 10.3 Å². The Kier molecular flexibility index (Phi) is 6.74. The quantitative estimate of drug-likeness (QED) is 0.575. The second-order valence-electron chi connectivity index (χ2n) is 5.97. The lowest BCUT2D eigenvalue weighted by Crippen LogP contribution is -2.44. The Balaban J connectivity index is 2.09. The number of anilines is 1. The number of halogens is 5. The van der Waals surface area contributed by atoms with E-state index in [9.17, 15) is 36.3 Å². The number of carboxylic acids is 1. The molecular weight excluding hydrogens is 421 g/mol. The van der Waals surface area contributed by atoms with E-state index in [4.69, 9.17) is 5.11 Å². The standard InChI is InChI=1S/C17H14F5N3O5/c1-2-10(23-11(26)5-7-3-8(18)6-9(19)4-7)14(27)25-16-24-13(17(20,21)22)12(30-16)15(28)29/h3-4,6,10H,2,5H2,1H3,(H,23,26)(H,28,29)(H,24,25,27). The minimum absolute atomic E-state index is 0.00567. The third-order valence-corrected chi connectivity index (χ3v) is 3.67. The molecule has 0 saturated carbocycles. The highest BCUT2D eigenvalue weighted by molar-refractivity contribution is 5.96. The fraction of sp³-hybridized carbons (Fsp3) is 0.294. The van der Waals surface area contributed by atoms with Crippen LogP contribution >= 0.6 is 0 Å². The first kappa shape index (κ1) is 22.8. The fourth-order valence-corrected chi connectivity index (χ4v) is 2.40. The van der Waals surface area contributed by atoms with Gasteiger partial charge in [-0.05, 0) is 24.1 Å². The molecule has 0 aliphatic heterocycles. The average Bonchev–Trinajstić information content (AvgIpc) is 3.03. The van der Waals surface area contributed by atoms with Crippen molar-refractivity contribution < 1.29 is 45.9 Å². The van der Waals surface area contributed by atoms with Crippen LogP contribution < -0.4 is 10.6 Å². The number of carboxylic acid groups (broad SMARTS) is 1. The summed E-state index contributed by atoms with van der Waals surface area (Å²) in [4.78, 5) is 38.0. The van der Waals surface area contributed by atoms with Crippen LogP contribution in [0.3, 0.4) is 0 Å². The summed E-state index contributed by atoms with van der Waals surface area (Å²) >= 11 is 0. The van der Waals surface area contributed by atoms with E-state index in [0.717, 1.165) is 12.1 Å². The van der Waals surface area contributed by atoms with E-state index in [1.165, 1.54) is 6.92 Å². The lowest BCUT2D eigenvalue weighted by molar-refractivity contribution is -0.141. The molecule has 0 radical (unpaired) electrons. The minimum Gasteiger partial charge on any atom is -0.475 e. The van der Waals surface area contributed by atoms with Gasteiger partial charge in [-0.25, -0.2) is 13.6 Å². The highest BCUT2D eigenvalue weighted by Crippen LogP contribution is 2.33. The Morgan fingerprint density at radius 1 is 1.17 bits per heavy atom. The number of aromatic nitrogens is 1. The number of hydrogen-bond donors (Lipinski definition) is 3. The molecular formula is C17H14F5N3O5. The molecule has 162 valence electrons. The number of amides is 2. The zero-order valence-corrected chi connectivity index (χ0v) is 15.1. The van der Waals surface area contributed by atoms with Gasteiger partial charge in [0.1, 0.15) is 17.7 Å². The molecule has 0 aliphatic rings. The van der Waals surface area contributed by atoms with Crippen molar-refractivity contribution in [3.05, 3.63) is 46.9 Å². The number of carbonyl (C=O) groups is 3. The lowest BCUT2D eigenvalue weighted by Gasteiger charge is -2.15. The van der Waals surface area contributed by atoms with Gasteiger partial charge >= 0.3 is 18.2 Å². The molecule has 1 heterocycles. The van der Waals surface area contributed by atoms with Crippen LogP contribution in [0.2, 0.25) is 0 Å². The van der Waals surface area contributed by atoms with Crippen molar-refractivity contribution in [3.63, 3.8) is 0 Å². The van der Waals surface area contributed by atoms with Gasteiger partial charge in [0.05, 0.1) is 6.42 Å². The Hall–Kier alpha value is -3.51. The van der Waals surface area contributed by atoms with Crippen molar-refractivity contribution in [1.29, 1.82) is 0 Å². The fourth-order valence-electron chi connectivity index (χ4n) is 2.40. The molecule has 0 bridgehead atoms. The maximum absolute atomic E-state index is 13.2. The topological polar surface area (TPSA) is 122 Å². The Bertz CT molecular complexity index is 953. The van der Waals surface area contributed by atoms with Crippen LogP contribution in [0.4, 0.5) is 28.0 Å². The minimum atomic E-state index is -5.14. The maximum atomic E-state index is 13.2. The van der Waals surface area contributed by atoms with Crippen LogP contribution in [0, 0.1) is 11.6 Å². The predicted molar refractivity (Wildman–Crippen MR) is 89.4 cm³/mol. The Labute approximate surface area is 165 Å². The third-order valence-electron chi connectivity index (χ3n) is 3.67. The predicted octanol–water partition coefficient (Wildman–Crippen LogP) is 2.75. The van der Waals surface area contributed by atoms with Gasteiger partial charge in [0.2, 0.25) is 11.7 Å². The van der Waals surface area contributed by atoms with Gasteiger partial charge in [-0.1, -0.05) is 6.92 Å². The lowest BCUT2D eigenvalue weighted by atomic mass is 10.1. The van der Waals surface area contributed by atoms with E-state index in [-0.39, 0.29) is 12.0 Å². The van der Waals surface area contributed by atoms with Crippen molar-refractivity contribution in [2.24, 2.45) is 0 Å². The molecule has 2 amide bonds. The van der Waals surface area contributed by atoms with Crippen LogP contribution in [-0.4, -0.2) is 33.9 Å². The van der Waals surface area contributed by atoms with Crippen LogP contribution in [0.1, 0.15) is 35.2 Å². The van der Waals surface area contributed by atoms with Crippen LogP contribution in [0.5, 0.6) is 0 Å². The summed E-state index contributed by atoms with van der Waals surface area (Å²) in [5.74, 6) is -7.19. The van der Waals surface area contributed by atoms with E-state index in [1.807, 2.05) is 5.32 Å². The maximum Gasteiger partial charge on any atom is 0.437 e. The molecule has 0 saturated heterocycles. The summed E-state index contributed by atoms with van der Waals surface area (Å²) in [6.45, 7) is 1.46. The highest BCUT2D eigenvalue weighted by atomic mass is 19.4. The van der Waals surface area contributed by atoms with Crippen molar-refractivity contribution >= 4 is 23.8 Å². The molecule has 3 N–H and O–H groups in total. The van der Waals surface area contributed by atoms with Gasteiger partial charge in [0, 0.05) is 6.07 Å². The summed E-state index contributed by atoms with van der Waals surface area (Å²) in [7, 11) is 0. The molecule has 1 unspecified atom stereocenters. The zero-order chi connectivity index (χ0) is 22.6. The van der Waals surface area contributed by atoms with Crippen LogP contribution in [0.25, 0.3) is 0 Å².